The second kappa shape index (κ2) is 6.44. The van der Waals surface area contributed by atoms with Gasteiger partial charge in [-0.2, -0.15) is 0 Å². The largest absolute Gasteiger partial charge is 0.444 e. The number of alkyl carbamates (subject to hydrolysis) is 1. The van der Waals surface area contributed by atoms with Crippen LogP contribution < -0.4 is 5.32 Å². The minimum Gasteiger partial charge on any atom is -0.444 e. The summed E-state index contributed by atoms with van der Waals surface area (Å²) >= 11 is 0. The minimum atomic E-state index is -0.693. The topological polar surface area (TPSA) is 67.9 Å². The van der Waals surface area contributed by atoms with Crippen LogP contribution in [0.1, 0.15) is 34.6 Å². The van der Waals surface area contributed by atoms with E-state index < -0.39 is 17.7 Å². The molecule has 0 aromatic heterocycles. The third kappa shape index (κ3) is 6.78. The zero-order valence-corrected chi connectivity index (χ0v) is 11.4. The first-order chi connectivity index (χ1) is 7.67. The van der Waals surface area contributed by atoms with Gasteiger partial charge in [-0.05, 0) is 34.6 Å². The number of nitrogens with zero attached hydrogens (tertiary/aromatic N) is 1. The Hall–Kier alpha value is -1.30. The summed E-state index contributed by atoms with van der Waals surface area (Å²) in [6, 6.07) is -0.693. The number of carbonyl (C=O) groups excluding carboxylic acids is 2. The molecular formula is C11H22N2O4. The third-order valence-corrected chi connectivity index (χ3v) is 1.74. The van der Waals surface area contributed by atoms with Crippen LogP contribution in [-0.4, -0.2) is 42.4 Å². The Morgan fingerprint density at radius 3 is 2.29 bits per heavy atom. The highest BCUT2D eigenvalue weighted by molar-refractivity contribution is 5.84. The van der Waals surface area contributed by atoms with Crippen LogP contribution in [0.2, 0.25) is 0 Å². The molecule has 1 unspecified atom stereocenters. The first kappa shape index (κ1) is 15.7. The van der Waals surface area contributed by atoms with Crippen molar-refractivity contribution in [1.29, 1.82) is 0 Å². The second-order valence-corrected chi connectivity index (χ2v) is 4.62. The lowest BCUT2D eigenvalue weighted by Gasteiger charge is -2.23. The summed E-state index contributed by atoms with van der Waals surface area (Å²) in [7, 11) is 1.50. The van der Waals surface area contributed by atoms with Crippen molar-refractivity contribution in [3.8, 4) is 0 Å². The average Bonchev–Trinajstić information content (AvgIpc) is 2.13. The van der Waals surface area contributed by atoms with Gasteiger partial charge in [-0.1, -0.05) is 0 Å². The summed E-state index contributed by atoms with van der Waals surface area (Å²) in [6.07, 6.45) is -0.622. The summed E-state index contributed by atoms with van der Waals surface area (Å²) < 4.78 is 5.04. The molecular weight excluding hydrogens is 224 g/mol. The van der Waals surface area contributed by atoms with E-state index in [-0.39, 0.29) is 5.91 Å². The van der Waals surface area contributed by atoms with Crippen molar-refractivity contribution in [3.05, 3.63) is 0 Å². The predicted octanol–water partition coefficient (Wildman–Crippen LogP) is 1.31. The van der Waals surface area contributed by atoms with Gasteiger partial charge in [0.1, 0.15) is 11.6 Å². The van der Waals surface area contributed by atoms with Gasteiger partial charge >= 0.3 is 6.09 Å². The Bertz CT molecular complexity index is 273. The molecule has 1 N–H and O–H groups in total. The highest BCUT2D eigenvalue weighted by Crippen LogP contribution is 2.07. The quantitative estimate of drug-likeness (QED) is 0.759. The van der Waals surface area contributed by atoms with E-state index in [4.69, 9.17) is 9.57 Å². The van der Waals surface area contributed by atoms with Crippen LogP contribution in [0.4, 0.5) is 4.79 Å². The molecule has 0 aliphatic carbocycles. The smallest absolute Gasteiger partial charge is 0.408 e. The third-order valence-electron chi connectivity index (χ3n) is 1.74. The SMILES string of the molecule is CCON(C)C(=O)C(C)NC(=O)OC(C)(C)C. The van der Waals surface area contributed by atoms with Crippen LogP contribution in [0.3, 0.4) is 0 Å². The molecule has 0 aromatic rings. The first-order valence-corrected chi connectivity index (χ1v) is 5.57. The molecule has 0 radical (unpaired) electrons. The Kier molecular flexibility index (Phi) is 5.95. The van der Waals surface area contributed by atoms with E-state index in [1.165, 1.54) is 7.05 Å². The van der Waals surface area contributed by atoms with Crippen molar-refractivity contribution in [2.24, 2.45) is 0 Å². The molecule has 0 spiro atoms. The number of hydrogen-bond acceptors (Lipinski definition) is 4. The van der Waals surface area contributed by atoms with Crippen molar-refractivity contribution < 1.29 is 19.2 Å². The second-order valence-electron chi connectivity index (χ2n) is 4.62. The van der Waals surface area contributed by atoms with E-state index in [0.29, 0.717) is 6.61 Å². The van der Waals surface area contributed by atoms with E-state index in [1.807, 2.05) is 0 Å². The van der Waals surface area contributed by atoms with Gasteiger partial charge in [0, 0.05) is 7.05 Å². The first-order valence-electron chi connectivity index (χ1n) is 5.57. The highest BCUT2D eigenvalue weighted by atomic mass is 16.7. The highest BCUT2D eigenvalue weighted by Gasteiger charge is 2.23. The van der Waals surface area contributed by atoms with Gasteiger partial charge in [-0.15, -0.1) is 0 Å². The average molecular weight is 246 g/mol. The van der Waals surface area contributed by atoms with E-state index in [9.17, 15) is 9.59 Å². The lowest BCUT2D eigenvalue weighted by atomic mass is 10.2. The molecule has 0 saturated heterocycles. The fourth-order valence-corrected chi connectivity index (χ4v) is 1.08. The Morgan fingerprint density at radius 1 is 1.35 bits per heavy atom. The Labute approximate surface area is 102 Å². The van der Waals surface area contributed by atoms with E-state index in [2.05, 4.69) is 5.32 Å². The number of rotatable bonds is 4. The molecule has 0 aliphatic heterocycles. The molecule has 17 heavy (non-hydrogen) atoms. The molecule has 0 rings (SSSR count). The summed E-state index contributed by atoms with van der Waals surface area (Å²) in [4.78, 5) is 28.1. The Balaban J connectivity index is 4.21. The maximum Gasteiger partial charge on any atom is 0.408 e. The molecule has 0 fully saturated rings. The number of hydrogen-bond donors (Lipinski definition) is 1. The van der Waals surface area contributed by atoms with Crippen LogP contribution in [0.15, 0.2) is 0 Å². The minimum absolute atomic E-state index is 0.335. The summed E-state index contributed by atoms with van der Waals surface area (Å²) in [5.41, 5.74) is -0.585. The van der Waals surface area contributed by atoms with Crippen LogP contribution in [-0.2, 0) is 14.4 Å². The van der Waals surface area contributed by atoms with Gasteiger partial charge in [0.15, 0.2) is 0 Å². The molecule has 100 valence electrons. The zero-order chi connectivity index (χ0) is 13.6. The molecule has 0 heterocycles. The number of amides is 2. The standard InChI is InChI=1S/C11H22N2O4/c1-7-16-13(6)9(14)8(2)12-10(15)17-11(3,4)5/h8H,7H2,1-6H3,(H,12,15). The molecule has 6 nitrogen and oxygen atoms in total. The number of ether oxygens (including phenoxy) is 1. The number of carbonyl (C=O) groups is 2. The predicted molar refractivity (Wildman–Crippen MR) is 63.2 cm³/mol. The van der Waals surface area contributed by atoms with E-state index in [0.717, 1.165) is 5.06 Å². The number of nitrogens with one attached hydrogen (secondary N) is 1. The van der Waals surface area contributed by atoms with E-state index >= 15 is 0 Å². The van der Waals surface area contributed by atoms with Crippen molar-refractivity contribution >= 4 is 12.0 Å². The molecule has 2 amide bonds. The summed E-state index contributed by atoms with van der Waals surface area (Å²) in [5, 5.41) is 3.54. The van der Waals surface area contributed by atoms with Crippen molar-refractivity contribution in [3.63, 3.8) is 0 Å². The number of likely N-dealkylation sites (N-methyl/N-ethyl adjacent to an activating group) is 1. The van der Waals surface area contributed by atoms with Gasteiger partial charge in [-0.25, -0.2) is 9.86 Å². The fourth-order valence-electron chi connectivity index (χ4n) is 1.08. The van der Waals surface area contributed by atoms with Crippen LogP contribution >= 0.6 is 0 Å². The van der Waals surface area contributed by atoms with E-state index in [1.54, 1.807) is 34.6 Å². The van der Waals surface area contributed by atoms with Gasteiger partial charge in [0.25, 0.3) is 5.91 Å². The molecule has 0 aliphatic rings. The lowest BCUT2D eigenvalue weighted by molar-refractivity contribution is -0.178. The molecule has 6 heteroatoms. The molecule has 0 aromatic carbocycles. The summed E-state index contributed by atoms with van der Waals surface area (Å²) in [6.45, 7) is 9.00. The van der Waals surface area contributed by atoms with Gasteiger partial charge < -0.3 is 10.1 Å². The summed E-state index contributed by atoms with van der Waals surface area (Å²) in [5.74, 6) is -0.335. The van der Waals surface area contributed by atoms with Crippen molar-refractivity contribution in [2.75, 3.05) is 13.7 Å². The van der Waals surface area contributed by atoms with Gasteiger partial charge in [0.05, 0.1) is 6.61 Å². The normalized spacial score (nSPS) is 12.8. The van der Waals surface area contributed by atoms with Gasteiger partial charge in [-0.3, -0.25) is 9.63 Å². The monoisotopic (exact) mass is 246 g/mol. The number of hydroxylamine groups is 2. The van der Waals surface area contributed by atoms with Crippen LogP contribution in [0, 0.1) is 0 Å². The van der Waals surface area contributed by atoms with Gasteiger partial charge in [0.2, 0.25) is 0 Å². The van der Waals surface area contributed by atoms with Crippen molar-refractivity contribution in [2.45, 2.75) is 46.3 Å². The molecule has 0 bridgehead atoms. The maximum absolute atomic E-state index is 11.7. The van der Waals surface area contributed by atoms with Crippen molar-refractivity contribution in [1.82, 2.24) is 10.4 Å². The zero-order valence-electron chi connectivity index (χ0n) is 11.4. The van der Waals surface area contributed by atoms with Crippen LogP contribution in [0.5, 0.6) is 0 Å². The fraction of sp³-hybridized carbons (Fsp3) is 0.818. The molecule has 1 atom stereocenters. The lowest BCUT2D eigenvalue weighted by Crippen LogP contribution is -2.47. The maximum atomic E-state index is 11.7. The molecule has 0 saturated carbocycles. The van der Waals surface area contributed by atoms with Crippen LogP contribution in [0.25, 0.3) is 0 Å². The Morgan fingerprint density at radius 2 is 1.88 bits per heavy atom.